The van der Waals surface area contributed by atoms with Crippen LogP contribution in [0.15, 0.2) is 24.3 Å². The summed E-state index contributed by atoms with van der Waals surface area (Å²) in [5, 5.41) is 9.72. The molecule has 0 radical (unpaired) electrons. The van der Waals surface area contributed by atoms with Gasteiger partial charge < -0.3 is 9.84 Å². The second-order valence-corrected chi connectivity index (χ2v) is 4.82. The van der Waals surface area contributed by atoms with Crippen molar-refractivity contribution in [2.24, 2.45) is 11.8 Å². The van der Waals surface area contributed by atoms with Gasteiger partial charge in [-0.25, -0.2) is 0 Å². The molecule has 0 aliphatic heterocycles. The molecule has 0 heterocycles. The zero-order valence-corrected chi connectivity index (χ0v) is 10.0. The fourth-order valence-electron chi connectivity index (χ4n) is 2.61. The first-order valence-electron chi connectivity index (χ1n) is 6.01. The third-order valence-corrected chi connectivity index (χ3v) is 3.82. The lowest BCUT2D eigenvalue weighted by Crippen LogP contribution is -2.16. The summed E-state index contributed by atoms with van der Waals surface area (Å²) in [5.41, 5.74) is 1.31. The molecule has 1 aliphatic carbocycles. The topological polar surface area (TPSA) is 29.5 Å². The summed E-state index contributed by atoms with van der Waals surface area (Å²) in [6.07, 6.45) is 3.04. The molecule has 1 fully saturated rings. The van der Waals surface area contributed by atoms with Crippen LogP contribution in [0.25, 0.3) is 0 Å². The summed E-state index contributed by atoms with van der Waals surface area (Å²) in [5.74, 6) is 1.96. The maximum absolute atomic E-state index is 9.72. The van der Waals surface area contributed by atoms with Gasteiger partial charge in [0, 0.05) is 0 Å². The standard InChI is InChI=1S/C14H20O2/c1-10-12(6-7-14(10)15)8-11-4-3-5-13(9-11)16-2/h3-5,9-10,12,14-15H,6-8H2,1-2H3. The van der Waals surface area contributed by atoms with E-state index < -0.39 is 0 Å². The Labute approximate surface area is 97.3 Å². The molecule has 3 unspecified atom stereocenters. The van der Waals surface area contributed by atoms with Crippen molar-refractivity contribution in [2.75, 3.05) is 7.11 Å². The summed E-state index contributed by atoms with van der Waals surface area (Å²) in [4.78, 5) is 0. The second kappa shape index (κ2) is 4.88. The molecule has 0 aromatic heterocycles. The maximum Gasteiger partial charge on any atom is 0.119 e. The Balaban J connectivity index is 2.03. The van der Waals surface area contributed by atoms with E-state index in [1.165, 1.54) is 5.56 Å². The van der Waals surface area contributed by atoms with E-state index in [4.69, 9.17) is 4.74 Å². The summed E-state index contributed by atoms with van der Waals surface area (Å²) >= 11 is 0. The van der Waals surface area contributed by atoms with Gasteiger partial charge >= 0.3 is 0 Å². The highest BCUT2D eigenvalue weighted by Crippen LogP contribution is 2.34. The number of methoxy groups -OCH3 is 1. The Bertz CT molecular complexity index is 348. The molecule has 1 aliphatic rings. The molecule has 0 spiro atoms. The molecular weight excluding hydrogens is 200 g/mol. The van der Waals surface area contributed by atoms with E-state index in [9.17, 15) is 5.11 Å². The third-order valence-electron chi connectivity index (χ3n) is 3.82. The van der Waals surface area contributed by atoms with Crippen LogP contribution in [0, 0.1) is 11.8 Å². The Morgan fingerprint density at radius 1 is 1.38 bits per heavy atom. The summed E-state index contributed by atoms with van der Waals surface area (Å²) < 4.78 is 5.22. The molecule has 0 amide bonds. The molecule has 88 valence electrons. The van der Waals surface area contributed by atoms with Gasteiger partial charge in [0.15, 0.2) is 0 Å². The molecule has 2 heteroatoms. The maximum atomic E-state index is 9.72. The van der Waals surface area contributed by atoms with E-state index in [2.05, 4.69) is 19.1 Å². The van der Waals surface area contributed by atoms with E-state index in [1.807, 2.05) is 12.1 Å². The van der Waals surface area contributed by atoms with Crippen molar-refractivity contribution in [1.29, 1.82) is 0 Å². The van der Waals surface area contributed by atoms with Gasteiger partial charge in [-0.1, -0.05) is 19.1 Å². The lowest BCUT2D eigenvalue weighted by molar-refractivity contribution is 0.127. The zero-order chi connectivity index (χ0) is 11.5. The first-order chi connectivity index (χ1) is 7.70. The molecule has 3 atom stereocenters. The van der Waals surface area contributed by atoms with Gasteiger partial charge in [-0.15, -0.1) is 0 Å². The molecule has 1 aromatic carbocycles. The molecule has 0 saturated heterocycles. The van der Waals surface area contributed by atoms with Crippen LogP contribution in [-0.4, -0.2) is 18.3 Å². The van der Waals surface area contributed by atoms with Gasteiger partial charge in [0.1, 0.15) is 5.75 Å². The smallest absolute Gasteiger partial charge is 0.119 e. The van der Waals surface area contributed by atoms with Crippen LogP contribution in [0.2, 0.25) is 0 Å². The van der Waals surface area contributed by atoms with Crippen LogP contribution in [0.4, 0.5) is 0 Å². The first kappa shape index (κ1) is 11.5. The van der Waals surface area contributed by atoms with Crippen molar-refractivity contribution in [3.8, 4) is 5.75 Å². The predicted molar refractivity (Wildman–Crippen MR) is 64.6 cm³/mol. The number of aliphatic hydroxyl groups excluding tert-OH is 1. The van der Waals surface area contributed by atoms with Crippen LogP contribution in [0.1, 0.15) is 25.3 Å². The van der Waals surface area contributed by atoms with E-state index in [-0.39, 0.29) is 6.10 Å². The van der Waals surface area contributed by atoms with Gasteiger partial charge in [-0.2, -0.15) is 0 Å². The number of rotatable bonds is 3. The van der Waals surface area contributed by atoms with E-state index in [0.29, 0.717) is 11.8 Å². The fraction of sp³-hybridized carbons (Fsp3) is 0.571. The predicted octanol–water partition coefficient (Wildman–Crippen LogP) is 2.64. The van der Waals surface area contributed by atoms with E-state index >= 15 is 0 Å². The number of hydrogen-bond acceptors (Lipinski definition) is 2. The SMILES string of the molecule is COc1cccc(CC2CCC(O)C2C)c1. The number of ether oxygens (including phenoxy) is 1. The minimum absolute atomic E-state index is 0.101. The van der Waals surface area contributed by atoms with Crippen LogP contribution in [0.5, 0.6) is 5.75 Å². The lowest BCUT2D eigenvalue weighted by Gasteiger charge is -2.17. The van der Waals surface area contributed by atoms with Crippen LogP contribution < -0.4 is 4.74 Å². The minimum Gasteiger partial charge on any atom is -0.497 e. The van der Waals surface area contributed by atoms with Gasteiger partial charge in [0.2, 0.25) is 0 Å². The first-order valence-corrected chi connectivity index (χ1v) is 6.01. The van der Waals surface area contributed by atoms with Crippen molar-refractivity contribution in [3.05, 3.63) is 29.8 Å². The van der Waals surface area contributed by atoms with Crippen molar-refractivity contribution in [3.63, 3.8) is 0 Å². The van der Waals surface area contributed by atoms with Crippen LogP contribution in [-0.2, 0) is 6.42 Å². The lowest BCUT2D eigenvalue weighted by atomic mass is 9.90. The number of benzene rings is 1. The highest BCUT2D eigenvalue weighted by Gasteiger charge is 2.31. The summed E-state index contributed by atoms with van der Waals surface area (Å²) in [7, 11) is 1.70. The monoisotopic (exact) mass is 220 g/mol. The highest BCUT2D eigenvalue weighted by atomic mass is 16.5. The largest absolute Gasteiger partial charge is 0.497 e. The highest BCUT2D eigenvalue weighted by molar-refractivity contribution is 5.28. The molecule has 2 rings (SSSR count). The van der Waals surface area contributed by atoms with Crippen LogP contribution >= 0.6 is 0 Å². The summed E-state index contributed by atoms with van der Waals surface area (Å²) in [6, 6.07) is 8.23. The average Bonchev–Trinajstić information content (AvgIpc) is 2.61. The van der Waals surface area contributed by atoms with Gasteiger partial charge in [-0.05, 0) is 48.8 Å². The second-order valence-electron chi connectivity index (χ2n) is 4.82. The van der Waals surface area contributed by atoms with Gasteiger partial charge in [0.05, 0.1) is 13.2 Å². The minimum atomic E-state index is -0.101. The van der Waals surface area contributed by atoms with E-state index in [1.54, 1.807) is 7.11 Å². The molecule has 1 N–H and O–H groups in total. The molecule has 1 saturated carbocycles. The molecule has 1 aromatic rings. The number of aliphatic hydroxyl groups is 1. The third kappa shape index (κ3) is 2.38. The van der Waals surface area contributed by atoms with Crippen LogP contribution in [0.3, 0.4) is 0 Å². The Morgan fingerprint density at radius 2 is 2.19 bits per heavy atom. The van der Waals surface area contributed by atoms with Crippen molar-refractivity contribution in [2.45, 2.75) is 32.3 Å². The van der Waals surface area contributed by atoms with E-state index in [0.717, 1.165) is 25.0 Å². The van der Waals surface area contributed by atoms with Crippen molar-refractivity contribution in [1.82, 2.24) is 0 Å². The molecule has 2 nitrogen and oxygen atoms in total. The Morgan fingerprint density at radius 3 is 2.81 bits per heavy atom. The normalized spacial score (nSPS) is 29.3. The molecule has 16 heavy (non-hydrogen) atoms. The Hall–Kier alpha value is -1.02. The number of hydrogen-bond donors (Lipinski definition) is 1. The quantitative estimate of drug-likeness (QED) is 0.848. The fourth-order valence-corrected chi connectivity index (χ4v) is 2.61. The van der Waals surface area contributed by atoms with Gasteiger partial charge in [0.25, 0.3) is 0 Å². The summed E-state index contributed by atoms with van der Waals surface area (Å²) in [6.45, 7) is 2.16. The van der Waals surface area contributed by atoms with Crippen molar-refractivity contribution >= 4 is 0 Å². The zero-order valence-electron chi connectivity index (χ0n) is 10.0. The molecule has 0 bridgehead atoms. The van der Waals surface area contributed by atoms with Gasteiger partial charge in [-0.3, -0.25) is 0 Å². The Kier molecular flexibility index (Phi) is 3.49. The van der Waals surface area contributed by atoms with Crippen molar-refractivity contribution < 1.29 is 9.84 Å². The average molecular weight is 220 g/mol. The molecular formula is C14H20O2.